The molecule has 2 rings (SSSR count). The molecule has 1 heterocycles. The number of aryl methyl sites for hydroxylation is 1. The van der Waals surface area contributed by atoms with Crippen LogP contribution < -0.4 is 4.74 Å². The van der Waals surface area contributed by atoms with E-state index in [0.717, 1.165) is 0 Å². The van der Waals surface area contributed by atoms with Crippen molar-refractivity contribution in [3.8, 4) is 11.5 Å². The third-order valence-corrected chi connectivity index (χ3v) is 4.27. The van der Waals surface area contributed by atoms with Gasteiger partial charge in [0.15, 0.2) is 5.78 Å². The highest BCUT2D eigenvalue weighted by Crippen LogP contribution is 2.30. The zero-order chi connectivity index (χ0) is 19.3. The van der Waals surface area contributed by atoms with Crippen LogP contribution in [0.4, 0.5) is 0 Å². The molecule has 1 aliphatic heterocycles. The van der Waals surface area contributed by atoms with Crippen molar-refractivity contribution in [2.75, 3.05) is 7.11 Å². The number of benzene rings is 1. The monoisotopic (exact) mass is 364 g/mol. The summed E-state index contributed by atoms with van der Waals surface area (Å²) in [6.45, 7) is 1.66. The third-order valence-electron chi connectivity index (χ3n) is 4.27. The predicted octanol–water partition coefficient (Wildman–Crippen LogP) is 1.52. The number of ketones is 1. The zero-order valence-corrected chi connectivity index (χ0v) is 14.8. The number of carbonyl (C=O) groups is 2. The maximum atomic E-state index is 12.5. The number of phenols is 1. The minimum Gasteiger partial charge on any atom is -0.507 e. The normalized spacial score (nSPS) is 26.4. The molecule has 3 N–H and O–H groups in total. The maximum Gasteiger partial charge on any atom is 0.342 e. The number of hydrogen-bond donors (Lipinski definition) is 3. The number of aliphatic hydroxyl groups is 2. The molecule has 0 radical (unpaired) electrons. The van der Waals surface area contributed by atoms with Crippen molar-refractivity contribution in [1.82, 2.24) is 0 Å². The minimum atomic E-state index is -1.50. The predicted molar refractivity (Wildman–Crippen MR) is 93.3 cm³/mol. The SMILES string of the molecule is COc1cc(O)c2c(c1)CCCC(O)C(O)C(=O)/C=C/CC(C)OC2=O. The standard InChI is InChI=1S/C19H24O7/c1-11-5-3-7-14(20)18(23)15(21)8-4-6-12-9-13(25-2)10-16(22)17(12)19(24)26-11/h3,7,9-11,15,18,21-23H,4-6,8H2,1-2H3/b7-3+. The summed E-state index contributed by atoms with van der Waals surface area (Å²) in [5.41, 5.74) is 0.574. The van der Waals surface area contributed by atoms with Crippen molar-refractivity contribution in [2.45, 2.75) is 50.9 Å². The van der Waals surface area contributed by atoms with E-state index in [1.54, 1.807) is 13.0 Å². The lowest BCUT2D eigenvalue weighted by Crippen LogP contribution is -2.33. The fourth-order valence-corrected chi connectivity index (χ4v) is 2.82. The molecular formula is C19H24O7. The summed E-state index contributed by atoms with van der Waals surface area (Å²) in [6, 6.07) is 2.96. The Labute approximate surface area is 151 Å². The van der Waals surface area contributed by atoms with Gasteiger partial charge in [0.05, 0.1) is 13.2 Å². The highest BCUT2D eigenvalue weighted by atomic mass is 16.5. The minimum absolute atomic E-state index is 0.0600. The van der Waals surface area contributed by atoms with E-state index in [1.165, 1.54) is 25.3 Å². The number of carbonyl (C=O) groups excluding carboxylic acids is 2. The first-order valence-corrected chi connectivity index (χ1v) is 8.50. The second kappa shape index (κ2) is 8.82. The lowest BCUT2D eigenvalue weighted by Gasteiger charge is -2.18. The number of aromatic hydroxyl groups is 1. The van der Waals surface area contributed by atoms with Crippen LogP contribution in [0.5, 0.6) is 11.5 Å². The summed E-state index contributed by atoms with van der Waals surface area (Å²) >= 11 is 0. The lowest BCUT2D eigenvalue weighted by atomic mass is 9.97. The smallest absolute Gasteiger partial charge is 0.342 e. The van der Waals surface area contributed by atoms with Crippen LogP contribution in [0.15, 0.2) is 24.3 Å². The van der Waals surface area contributed by atoms with Crippen LogP contribution in [0.3, 0.4) is 0 Å². The molecule has 0 aliphatic carbocycles. The number of aliphatic hydroxyl groups excluding tert-OH is 2. The van der Waals surface area contributed by atoms with E-state index in [2.05, 4.69) is 0 Å². The number of hydrogen-bond acceptors (Lipinski definition) is 7. The lowest BCUT2D eigenvalue weighted by molar-refractivity contribution is -0.128. The average molecular weight is 364 g/mol. The Balaban J connectivity index is 2.36. The summed E-state index contributed by atoms with van der Waals surface area (Å²) in [5, 5.41) is 30.1. The third kappa shape index (κ3) is 4.83. The molecule has 142 valence electrons. The topological polar surface area (TPSA) is 113 Å². The number of fused-ring (bicyclic) bond motifs is 1. The summed E-state index contributed by atoms with van der Waals surface area (Å²) in [6.07, 6.45) is 0.556. The van der Waals surface area contributed by atoms with Gasteiger partial charge in [-0.25, -0.2) is 4.79 Å². The van der Waals surface area contributed by atoms with Gasteiger partial charge in [0.2, 0.25) is 0 Å². The van der Waals surface area contributed by atoms with Crippen molar-refractivity contribution < 1.29 is 34.4 Å². The van der Waals surface area contributed by atoms with Crippen LogP contribution in [0.1, 0.15) is 42.1 Å². The van der Waals surface area contributed by atoms with E-state index in [-0.39, 0.29) is 24.2 Å². The molecule has 0 spiro atoms. The molecule has 0 fully saturated rings. The molecular weight excluding hydrogens is 340 g/mol. The maximum absolute atomic E-state index is 12.5. The number of rotatable bonds is 1. The van der Waals surface area contributed by atoms with Crippen LogP contribution in [-0.4, -0.2) is 52.5 Å². The largest absolute Gasteiger partial charge is 0.507 e. The number of methoxy groups -OCH3 is 1. The van der Waals surface area contributed by atoms with Crippen molar-refractivity contribution in [3.05, 3.63) is 35.4 Å². The molecule has 1 aromatic carbocycles. The molecule has 1 aromatic rings. The highest BCUT2D eigenvalue weighted by Gasteiger charge is 2.25. The van der Waals surface area contributed by atoms with Crippen molar-refractivity contribution in [3.63, 3.8) is 0 Å². The van der Waals surface area contributed by atoms with Crippen LogP contribution in [0.2, 0.25) is 0 Å². The molecule has 0 saturated heterocycles. The van der Waals surface area contributed by atoms with E-state index >= 15 is 0 Å². The molecule has 7 heteroatoms. The molecule has 1 aliphatic rings. The molecule has 3 atom stereocenters. The van der Waals surface area contributed by atoms with E-state index in [9.17, 15) is 24.9 Å². The molecule has 7 nitrogen and oxygen atoms in total. The Morgan fingerprint density at radius 1 is 1.23 bits per heavy atom. The van der Waals surface area contributed by atoms with Gasteiger partial charge in [-0.3, -0.25) is 4.79 Å². The van der Waals surface area contributed by atoms with Gasteiger partial charge >= 0.3 is 5.97 Å². The average Bonchev–Trinajstić information content (AvgIpc) is 2.59. The molecule has 26 heavy (non-hydrogen) atoms. The molecule has 0 bridgehead atoms. The van der Waals surface area contributed by atoms with Gasteiger partial charge in [-0.2, -0.15) is 0 Å². The number of phenolic OH excluding ortho intramolecular Hbond substituents is 1. The first kappa shape index (κ1) is 19.9. The summed E-state index contributed by atoms with van der Waals surface area (Å²) in [4.78, 5) is 24.3. The number of ether oxygens (including phenoxy) is 2. The Morgan fingerprint density at radius 2 is 1.96 bits per heavy atom. The first-order valence-electron chi connectivity index (χ1n) is 8.50. The second-order valence-electron chi connectivity index (χ2n) is 6.34. The second-order valence-corrected chi connectivity index (χ2v) is 6.34. The van der Waals surface area contributed by atoms with Crippen molar-refractivity contribution >= 4 is 11.8 Å². The van der Waals surface area contributed by atoms with E-state index in [0.29, 0.717) is 24.2 Å². The van der Waals surface area contributed by atoms with Gasteiger partial charge in [-0.15, -0.1) is 0 Å². The zero-order valence-electron chi connectivity index (χ0n) is 14.8. The Morgan fingerprint density at radius 3 is 2.65 bits per heavy atom. The number of esters is 1. The van der Waals surface area contributed by atoms with Crippen LogP contribution >= 0.6 is 0 Å². The van der Waals surface area contributed by atoms with Gasteiger partial charge in [0, 0.05) is 12.5 Å². The van der Waals surface area contributed by atoms with Gasteiger partial charge in [0.25, 0.3) is 0 Å². The van der Waals surface area contributed by atoms with E-state index < -0.39 is 30.1 Å². The first-order chi connectivity index (χ1) is 12.3. The quantitative estimate of drug-likeness (QED) is 0.648. The van der Waals surface area contributed by atoms with Gasteiger partial charge in [-0.1, -0.05) is 6.08 Å². The van der Waals surface area contributed by atoms with Gasteiger partial charge in [-0.05, 0) is 43.9 Å². The van der Waals surface area contributed by atoms with Crippen LogP contribution in [0.25, 0.3) is 0 Å². The van der Waals surface area contributed by atoms with Crippen molar-refractivity contribution in [1.29, 1.82) is 0 Å². The van der Waals surface area contributed by atoms with Crippen LogP contribution in [-0.2, 0) is 16.0 Å². The fraction of sp³-hybridized carbons (Fsp3) is 0.474. The van der Waals surface area contributed by atoms with E-state index in [4.69, 9.17) is 9.47 Å². The Bertz CT molecular complexity index is 695. The highest BCUT2D eigenvalue weighted by molar-refractivity contribution is 5.95. The van der Waals surface area contributed by atoms with Gasteiger partial charge < -0.3 is 24.8 Å². The molecule has 0 aromatic heterocycles. The summed E-state index contributed by atoms with van der Waals surface area (Å²) in [5.74, 6) is -1.10. The molecule has 0 amide bonds. The Hall–Kier alpha value is -2.38. The van der Waals surface area contributed by atoms with Crippen LogP contribution in [0, 0.1) is 0 Å². The molecule has 3 unspecified atom stereocenters. The van der Waals surface area contributed by atoms with Crippen molar-refractivity contribution in [2.24, 2.45) is 0 Å². The Kier molecular flexibility index (Phi) is 6.76. The summed E-state index contributed by atoms with van der Waals surface area (Å²) in [7, 11) is 1.45. The fourth-order valence-electron chi connectivity index (χ4n) is 2.82. The summed E-state index contributed by atoms with van der Waals surface area (Å²) < 4.78 is 10.5. The number of cyclic esters (lactones) is 1. The van der Waals surface area contributed by atoms with Gasteiger partial charge in [0.1, 0.15) is 29.3 Å². The van der Waals surface area contributed by atoms with E-state index in [1.807, 2.05) is 0 Å². The molecule has 0 saturated carbocycles.